The van der Waals surface area contributed by atoms with Crippen LogP contribution in [0.25, 0.3) is 0 Å². The Kier molecular flexibility index (Phi) is 5.16. The number of ether oxygens (including phenoxy) is 1. The quantitative estimate of drug-likeness (QED) is 0.722. The Morgan fingerprint density at radius 3 is 2.72 bits per heavy atom. The van der Waals surface area contributed by atoms with Gasteiger partial charge in [-0.05, 0) is 30.9 Å². The number of nitrogens with one attached hydrogen (secondary N) is 2. The Labute approximate surface area is 147 Å². The lowest BCUT2D eigenvalue weighted by Crippen LogP contribution is -2.35. The molecule has 1 amide bonds. The Bertz CT molecular complexity index is 735. The standard InChI is InChI=1S/C19H23N3O3/c1-2-6-15-11-16(22-21-15)18(24)25-12-17(23)20-13-19(9-10-19)14-7-4-3-5-8-14/h3-5,7-8,11H,2,6,9-10,12-13H2,1H3,(H,20,23)(H,21,22). The van der Waals surface area contributed by atoms with Crippen LogP contribution in [0.3, 0.4) is 0 Å². The average molecular weight is 341 g/mol. The summed E-state index contributed by atoms with van der Waals surface area (Å²) in [6.45, 7) is 2.32. The van der Waals surface area contributed by atoms with Crippen molar-refractivity contribution in [1.29, 1.82) is 0 Å². The van der Waals surface area contributed by atoms with Crippen LogP contribution in [0.15, 0.2) is 36.4 Å². The topological polar surface area (TPSA) is 84.1 Å². The van der Waals surface area contributed by atoms with E-state index in [1.54, 1.807) is 6.07 Å². The third kappa shape index (κ3) is 4.26. The SMILES string of the molecule is CCCc1cc(C(=O)OCC(=O)NCC2(c3ccccc3)CC2)n[nH]1. The number of H-pyrrole nitrogens is 1. The number of amides is 1. The summed E-state index contributed by atoms with van der Waals surface area (Å²) < 4.78 is 5.04. The van der Waals surface area contributed by atoms with E-state index in [9.17, 15) is 9.59 Å². The van der Waals surface area contributed by atoms with Crippen molar-refractivity contribution in [2.24, 2.45) is 0 Å². The largest absolute Gasteiger partial charge is 0.451 e. The maximum Gasteiger partial charge on any atom is 0.359 e. The third-order valence-corrected chi connectivity index (χ3v) is 4.56. The van der Waals surface area contributed by atoms with Crippen LogP contribution >= 0.6 is 0 Å². The van der Waals surface area contributed by atoms with Crippen LogP contribution in [0.2, 0.25) is 0 Å². The van der Waals surface area contributed by atoms with Crippen LogP contribution < -0.4 is 5.32 Å². The summed E-state index contributed by atoms with van der Waals surface area (Å²) in [5.41, 5.74) is 2.38. The molecule has 1 aromatic heterocycles. The lowest BCUT2D eigenvalue weighted by Gasteiger charge is -2.16. The van der Waals surface area contributed by atoms with Crippen molar-refractivity contribution in [3.63, 3.8) is 0 Å². The Morgan fingerprint density at radius 2 is 2.04 bits per heavy atom. The van der Waals surface area contributed by atoms with Crippen LogP contribution in [0, 0.1) is 0 Å². The van der Waals surface area contributed by atoms with Gasteiger partial charge in [0.1, 0.15) is 0 Å². The summed E-state index contributed by atoms with van der Waals surface area (Å²) >= 11 is 0. The zero-order valence-electron chi connectivity index (χ0n) is 14.4. The lowest BCUT2D eigenvalue weighted by molar-refractivity contribution is -0.124. The van der Waals surface area contributed by atoms with Crippen molar-refractivity contribution in [3.8, 4) is 0 Å². The zero-order valence-corrected chi connectivity index (χ0v) is 14.4. The fourth-order valence-electron chi connectivity index (χ4n) is 2.90. The molecule has 0 radical (unpaired) electrons. The molecule has 1 aliphatic rings. The van der Waals surface area contributed by atoms with E-state index in [4.69, 9.17) is 4.74 Å². The molecule has 1 aromatic carbocycles. The molecule has 0 atom stereocenters. The van der Waals surface area contributed by atoms with Gasteiger partial charge in [-0.2, -0.15) is 5.10 Å². The molecule has 0 bridgehead atoms. The van der Waals surface area contributed by atoms with Gasteiger partial charge in [0.25, 0.3) is 5.91 Å². The monoisotopic (exact) mass is 341 g/mol. The van der Waals surface area contributed by atoms with Gasteiger partial charge < -0.3 is 10.1 Å². The molecule has 1 aliphatic carbocycles. The maximum atomic E-state index is 12.0. The fraction of sp³-hybridized carbons (Fsp3) is 0.421. The first-order chi connectivity index (χ1) is 12.1. The van der Waals surface area contributed by atoms with Crippen molar-refractivity contribution < 1.29 is 14.3 Å². The first-order valence-corrected chi connectivity index (χ1v) is 8.66. The smallest absolute Gasteiger partial charge is 0.359 e. The number of esters is 1. The second-order valence-corrected chi connectivity index (χ2v) is 6.53. The molecule has 1 heterocycles. The summed E-state index contributed by atoms with van der Waals surface area (Å²) in [5.74, 6) is -0.877. The molecule has 0 aliphatic heterocycles. The first-order valence-electron chi connectivity index (χ1n) is 8.66. The van der Waals surface area contributed by atoms with E-state index in [2.05, 4.69) is 27.6 Å². The highest BCUT2D eigenvalue weighted by Gasteiger charge is 2.44. The van der Waals surface area contributed by atoms with Gasteiger partial charge in [0, 0.05) is 17.7 Å². The molecule has 132 valence electrons. The van der Waals surface area contributed by atoms with Gasteiger partial charge in [0.2, 0.25) is 0 Å². The van der Waals surface area contributed by atoms with E-state index in [1.807, 2.05) is 25.1 Å². The van der Waals surface area contributed by atoms with Crippen LogP contribution in [-0.2, 0) is 21.4 Å². The molecular formula is C19H23N3O3. The minimum atomic E-state index is -0.585. The molecule has 3 rings (SSSR count). The number of rotatable bonds is 8. The molecule has 1 saturated carbocycles. The molecular weight excluding hydrogens is 318 g/mol. The Balaban J connectivity index is 1.44. The average Bonchev–Trinajstić information content (AvgIpc) is 3.29. The molecule has 6 nitrogen and oxygen atoms in total. The molecule has 1 fully saturated rings. The van der Waals surface area contributed by atoms with E-state index in [-0.39, 0.29) is 23.6 Å². The van der Waals surface area contributed by atoms with E-state index < -0.39 is 5.97 Å². The number of nitrogens with zero attached hydrogens (tertiary/aromatic N) is 1. The predicted molar refractivity (Wildman–Crippen MR) is 93.2 cm³/mol. The summed E-state index contributed by atoms with van der Waals surface area (Å²) in [6.07, 6.45) is 3.90. The number of aromatic nitrogens is 2. The van der Waals surface area contributed by atoms with Gasteiger partial charge in [-0.3, -0.25) is 9.89 Å². The van der Waals surface area contributed by atoms with Gasteiger partial charge in [0.15, 0.2) is 12.3 Å². The van der Waals surface area contributed by atoms with Gasteiger partial charge in [0.05, 0.1) is 0 Å². The van der Waals surface area contributed by atoms with Crippen LogP contribution in [0.1, 0.15) is 47.9 Å². The van der Waals surface area contributed by atoms with Gasteiger partial charge in [-0.15, -0.1) is 0 Å². The molecule has 2 aromatic rings. The second-order valence-electron chi connectivity index (χ2n) is 6.53. The van der Waals surface area contributed by atoms with Gasteiger partial charge >= 0.3 is 5.97 Å². The second kappa shape index (κ2) is 7.51. The van der Waals surface area contributed by atoms with Crippen LogP contribution in [0.4, 0.5) is 0 Å². The highest BCUT2D eigenvalue weighted by Crippen LogP contribution is 2.47. The number of aromatic amines is 1. The van der Waals surface area contributed by atoms with Gasteiger partial charge in [-0.25, -0.2) is 4.79 Å². The summed E-state index contributed by atoms with van der Waals surface area (Å²) in [6, 6.07) is 11.8. The van der Waals surface area contributed by atoms with E-state index in [0.29, 0.717) is 6.54 Å². The van der Waals surface area contributed by atoms with Crippen molar-refractivity contribution in [1.82, 2.24) is 15.5 Å². The van der Waals surface area contributed by atoms with Crippen molar-refractivity contribution in [2.45, 2.75) is 38.0 Å². The molecule has 0 spiro atoms. The van der Waals surface area contributed by atoms with Gasteiger partial charge in [-0.1, -0.05) is 43.7 Å². The zero-order chi connectivity index (χ0) is 17.7. The summed E-state index contributed by atoms with van der Waals surface area (Å²) in [4.78, 5) is 23.9. The van der Waals surface area contributed by atoms with E-state index in [1.165, 1.54) is 5.56 Å². The van der Waals surface area contributed by atoms with Crippen molar-refractivity contribution >= 4 is 11.9 Å². The Morgan fingerprint density at radius 1 is 1.28 bits per heavy atom. The minimum Gasteiger partial charge on any atom is -0.451 e. The van der Waals surface area contributed by atoms with Crippen LogP contribution in [-0.4, -0.2) is 35.2 Å². The minimum absolute atomic E-state index is 0.0399. The van der Waals surface area contributed by atoms with E-state index in [0.717, 1.165) is 31.4 Å². The first kappa shape index (κ1) is 17.2. The molecule has 6 heteroatoms. The fourth-order valence-corrected chi connectivity index (χ4v) is 2.90. The van der Waals surface area contributed by atoms with E-state index >= 15 is 0 Å². The molecule has 2 N–H and O–H groups in total. The number of carbonyl (C=O) groups excluding carboxylic acids is 2. The molecule has 0 unspecified atom stereocenters. The maximum absolute atomic E-state index is 12.0. The van der Waals surface area contributed by atoms with Crippen molar-refractivity contribution in [2.75, 3.05) is 13.2 Å². The Hall–Kier alpha value is -2.63. The van der Waals surface area contributed by atoms with Crippen LogP contribution in [0.5, 0.6) is 0 Å². The number of benzene rings is 1. The number of hydrogen-bond acceptors (Lipinski definition) is 4. The lowest BCUT2D eigenvalue weighted by atomic mass is 9.96. The highest BCUT2D eigenvalue weighted by atomic mass is 16.5. The van der Waals surface area contributed by atoms with Crippen molar-refractivity contribution in [3.05, 3.63) is 53.3 Å². The molecule has 25 heavy (non-hydrogen) atoms. The molecule has 0 saturated heterocycles. The number of hydrogen-bond donors (Lipinski definition) is 2. The highest BCUT2D eigenvalue weighted by molar-refractivity contribution is 5.89. The predicted octanol–water partition coefficient (Wildman–Crippen LogP) is 2.37. The number of aryl methyl sites for hydroxylation is 1. The summed E-state index contributed by atoms with van der Waals surface area (Å²) in [5, 5.41) is 9.58. The summed E-state index contributed by atoms with van der Waals surface area (Å²) in [7, 11) is 0. The number of carbonyl (C=O) groups is 2. The normalized spacial score (nSPS) is 14.8. The third-order valence-electron chi connectivity index (χ3n) is 4.56.